The number of nitrogens with one attached hydrogen (secondary N) is 1. The van der Waals surface area contributed by atoms with Crippen molar-refractivity contribution in [2.45, 2.75) is 32.1 Å². The molecule has 2 nitrogen and oxygen atoms in total. The first-order chi connectivity index (χ1) is 6.81. The molecule has 2 heteroatoms. The molecule has 1 aromatic rings. The van der Waals surface area contributed by atoms with E-state index in [0.29, 0.717) is 0 Å². The number of anilines is 2. The lowest BCUT2D eigenvalue weighted by Gasteiger charge is -2.26. The minimum Gasteiger partial charge on any atom is -0.399 e. The molecule has 0 radical (unpaired) electrons. The molecule has 1 aliphatic heterocycles. The van der Waals surface area contributed by atoms with E-state index in [2.05, 4.69) is 24.4 Å². The van der Waals surface area contributed by atoms with Crippen LogP contribution in [-0.2, 0) is 0 Å². The maximum atomic E-state index is 5.76. The Kier molecular flexibility index (Phi) is 2.62. The van der Waals surface area contributed by atoms with Crippen molar-refractivity contribution in [1.82, 2.24) is 0 Å². The van der Waals surface area contributed by atoms with Gasteiger partial charge in [-0.3, -0.25) is 0 Å². The van der Waals surface area contributed by atoms with Gasteiger partial charge in [0.25, 0.3) is 0 Å². The smallest absolute Gasteiger partial charge is 0.0396 e. The second-order valence-electron chi connectivity index (χ2n) is 4.05. The Labute approximate surface area is 85.5 Å². The van der Waals surface area contributed by atoms with E-state index < -0.39 is 0 Å². The zero-order chi connectivity index (χ0) is 9.97. The van der Waals surface area contributed by atoms with E-state index in [1.807, 2.05) is 6.07 Å². The van der Waals surface area contributed by atoms with Gasteiger partial charge in [-0.15, -0.1) is 0 Å². The number of fused-ring (bicyclic) bond motifs is 1. The maximum absolute atomic E-state index is 5.76. The molecule has 0 aromatic heterocycles. The summed E-state index contributed by atoms with van der Waals surface area (Å²) in [6.45, 7) is 3.33. The molecule has 1 heterocycles. The third-order valence-corrected chi connectivity index (χ3v) is 2.96. The maximum Gasteiger partial charge on any atom is 0.0396 e. The summed E-state index contributed by atoms with van der Waals surface area (Å²) in [5.74, 6) is 0.733. The molecule has 3 N–H and O–H groups in total. The van der Waals surface area contributed by atoms with E-state index in [0.717, 1.165) is 18.2 Å². The molecule has 76 valence electrons. The average Bonchev–Trinajstić information content (AvgIpc) is 2.18. The van der Waals surface area contributed by atoms with Crippen LogP contribution in [0.1, 0.15) is 37.7 Å². The molecule has 1 atom stereocenters. The number of benzene rings is 1. The van der Waals surface area contributed by atoms with E-state index in [4.69, 9.17) is 5.73 Å². The van der Waals surface area contributed by atoms with Crippen LogP contribution in [0, 0.1) is 0 Å². The predicted molar refractivity (Wildman–Crippen MR) is 61.6 cm³/mol. The summed E-state index contributed by atoms with van der Waals surface area (Å²) < 4.78 is 0. The fourth-order valence-electron chi connectivity index (χ4n) is 2.27. The highest BCUT2D eigenvalue weighted by Gasteiger charge is 2.18. The topological polar surface area (TPSA) is 38.0 Å². The van der Waals surface area contributed by atoms with Gasteiger partial charge in [-0.05, 0) is 36.5 Å². The third-order valence-electron chi connectivity index (χ3n) is 2.96. The van der Waals surface area contributed by atoms with E-state index in [-0.39, 0.29) is 0 Å². The number of hydrogen-bond donors (Lipinski definition) is 2. The molecule has 0 spiro atoms. The quantitative estimate of drug-likeness (QED) is 0.704. The van der Waals surface area contributed by atoms with Crippen LogP contribution in [0.2, 0.25) is 0 Å². The first-order valence-electron chi connectivity index (χ1n) is 5.44. The van der Waals surface area contributed by atoms with Gasteiger partial charge in [-0.1, -0.05) is 19.4 Å². The molecule has 1 aromatic carbocycles. The first-order valence-corrected chi connectivity index (χ1v) is 5.44. The second-order valence-corrected chi connectivity index (χ2v) is 4.05. The predicted octanol–water partition coefficient (Wildman–Crippen LogP) is 2.97. The minimum atomic E-state index is 0.733. The van der Waals surface area contributed by atoms with E-state index in [1.54, 1.807) is 0 Å². The van der Waals surface area contributed by atoms with E-state index in [9.17, 15) is 0 Å². The molecule has 1 aliphatic rings. The van der Waals surface area contributed by atoms with Gasteiger partial charge in [0.2, 0.25) is 0 Å². The van der Waals surface area contributed by atoms with Crippen LogP contribution in [-0.4, -0.2) is 6.54 Å². The van der Waals surface area contributed by atoms with Crippen molar-refractivity contribution in [3.63, 3.8) is 0 Å². The van der Waals surface area contributed by atoms with Crippen LogP contribution in [0.4, 0.5) is 11.4 Å². The molecular formula is C12H18N2. The summed E-state index contributed by atoms with van der Waals surface area (Å²) in [6, 6.07) is 6.24. The van der Waals surface area contributed by atoms with Crippen molar-refractivity contribution in [2.24, 2.45) is 0 Å². The van der Waals surface area contributed by atoms with Gasteiger partial charge >= 0.3 is 0 Å². The van der Waals surface area contributed by atoms with Crippen LogP contribution in [0.5, 0.6) is 0 Å². The van der Waals surface area contributed by atoms with Crippen molar-refractivity contribution < 1.29 is 0 Å². The van der Waals surface area contributed by atoms with Crippen LogP contribution in [0.15, 0.2) is 18.2 Å². The number of nitrogen functional groups attached to an aromatic ring is 1. The van der Waals surface area contributed by atoms with E-state index in [1.165, 1.54) is 30.5 Å². The molecule has 14 heavy (non-hydrogen) atoms. The molecule has 0 amide bonds. The monoisotopic (exact) mass is 190 g/mol. The average molecular weight is 190 g/mol. The Bertz CT molecular complexity index is 320. The zero-order valence-corrected chi connectivity index (χ0v) is 8.72. The lowest BCUT2D eigenvalue weighted by Crippen LogP contribution is -2.16. The Morgan fingerprint density at radius 1 is 1.50 bits per heavy atom. The molecule has 0 fully saturated rings. The summed E-state index contributed by atoms with van der Waals surface area (Å²) in [5.41, 5.74) is 9.31. The number of hydrogen-bond acceptors (Lipinski definition) is 2. The Hall–Kier alpha value is -1.18. The van der Waals surface area contributed by atoms with Gasteiger partial charge in [-0.2, -0.15) is 0 Å². The summed E-state index contributed by atoms with van der Waals surface area (Å²) in [7, 11) is 0. The molecule has 0 bridgehead atoms. The second kappa shape index (κ2) is 3.91. The zero-order valence-electron chi connectivity index (χ0n) is 8.72. The SMILES string of the molecule is CCC[C@@H]1CCNc2cc(N)ccc21. The van der Waals surface area contributed by atoms with Crippen molar-refractivity contribution in [1.29, 1.82) is 0 Å². The fraction of sp³-hybridized carbons (Fsp3) is 0.500. The summed E-state index contributed by atoms with van der Waals surface area (Å²) in [6.07, 6.45) is 3.80. The van der Waals surface area contributed by atoms with Crippen LogP contribution >= 0.6 is 0 Å². The largest absolute Gasteiger partial charge is 0.399 e. The van der Waals surface area contributed by atoms with Gasteiger partial charge in [0, 0.05) is 17.9 Å². The lowest BCUT2D eigenvalue weighted by atomic mass is 9.87. The van der Waals surface area contributed by atoms with Gasteiger partial charge in [0.05, 0.1) is 0 Å². The summed E-state index contributed by atoms with van der Waals surface area (Å²) >= 11 is 0. The fourth-order valence-corrected chi connectivity index (χ4v) is 2.27. The normalized spacial score (nSPS) is 19.9. The number of nitrogens with two attached hydrogens (primary N) is 1. The standard InChI is InChI=1S/C12H18N2/c1-2-3-9-6-7-14-12-8-10(13)4-5-11(9)12/h4-5,8-9,14H,2-3,6-7,13H2,1H3/t9-/m1/s1. The molecule has 0 saturated heterocycles. The van der Waals surface area contributed by atoms with Crippen molar-refractivity contribution in [3.05, 3.63) is 23.8 Å². The Balaban J connectivity index is 2.30. The van der Waals surface area contributed by atoms with Crippen LogP contribution in [0.3, 0.4) is 0 Å². The summed E-state index contributed by atoms with van der Waals surface area (Å²) in [5, 5.41) is 3.41. The van der Waals surface area contributed by atoms with Gasteiger partial charge in [0.1, 0.15) is 0 Å². The highest BCUT2D eigenvalue weighted by atomic mass is 14.9. The Morgan fingerprint density at radius 2 is 2.36 bits per heavy atom. The molecule has 0 saturated carbocycles. The Morgan fingerprint density at radius 3 is 3.14 bits per heavy atom. The van der Waals surface area contributed by atoms with Crippen LogP contribution < -0.4 is 11.1 Å². The van der Waals surface area contributed by atoms with Crippen molar-refractivity contribution in [2.75, 3.05) is 17.6 Å². The number of rotatable bonds is 2. The summed E-state index contributed by atoms with van der Waals surface area (Å²) in [4.78, 5) is 0. The highest BCUT2D eigenvalue weighted by molar-refractivity contribution is 5.62. The first kappa shape index (κ1) is 9.38. The molecular weight excluding hydrogens is 172 g/mol. The van der Waals surface area contributed by atoms with Gasteiger partial charge < -0.3 is 11.1 Å². The molecule has 2 rings (SSSR count). The van der Waals surface area contributed by atoms with Crippen LogP contribution in [0.25, 0.3) is 0 Å². The van der Waals surface area contributed by atoms with Gasteiger partial charge in [0.15, 0.2) is 0 Å². The van der Waals surface area contributed by atoms with Crippen molar-refractivity contribution in [3.8, 4) is 0 Å². The van der Waals surface area contributed by atoms with Gasteiger partial charge in [-0.25, -0.2) is 0 Å². The molecule has 0 aliphatic carbocycles. The van der Waals surface area contributed by atoms with E-state index >= 15 is 0 Å². The lowest BCUT2D eigenvalue weighted by molar-refractivity contribution is 0.571. The van der Waals surface area contributed by atoms with Crippen molar-refractivity contribution >= 4 is 11.4 Å². The molecule has 0 unspecified atom stereocenters. The highest BCUT2D eigenvalue weighted by Crippen LogP contribution is 2.35. The minimum absolute atomic E-state index is 0.733. The third kappa shape index (κ3) is 1.69.